The maximum Gasteiger partial charge on any atom is 0.223 e. The van der Waals surface area contributed by atoms with Crippen LogP contribution in [-0.2, 0) is 4.79 Å². The van der Waals surface area contributed by atoms with E-state index in [-0.39, 0.29) is 35.6 Å². The highest BCUT2D eigenvalue weighted by atomic mass is 19.1. The first-order valence-electron chi connectivity index (χ1n) is 7.28. The summed E-state index contributed by atoms with van der Waals surface area (Å²) in [6, 6.07) is 6.52. The minimum Gasteiger partial charge on any atom is -0.396 e. The molecule has 2 atom stereocenters. The number of hydrogen-bond donors (Lipinski definition) is 2. The van der Waals surface area contributed by atoms with Crippen molar-refractivity contribution in [3.05, 3.63) is 35.6 Å². The Balaban J connectivity index is 1.50. The molecule has 3 rings (SSSR count). The first-order chi connectivity index (χ1) is 9.63. The number of aliphatic hydroxyl groups excluding tert-OH is 1. The van der Waals surface area contributed by atoms with E-state index in [9.17, 15) is 9.18 Å². The summed E-state index contributed by atoms with van der Waals surface area (Å²) in [6.45, 7) is 0.851. The molecule has 1 amide bonds. The Kier molecular flexibility index (Phi) is 3.50. The Morgan fingerprint density at radius 1 is 1.45 bits per heavy atom. The summed E-state index contributed by atoms with van der Waals surface area (Å²) < 4.78 is 13.2. The maximum atomic E-state index is 13.2. The fourth-order valence-corrected chi connectivity index (χ4v) is 2.93. The number of carbonyl (C=O) groups excluding carboxylic acids is 1. The fraction of sp³-hybridized carbons (Fsp3) is 0.562. The van der Waals surface area contributed by atoms with E-state index in [1.165, 1.54) is 12.1 Å². The zero-order valence-electron chi connectivity index (χ0n) is 11.4. The number of benzene rings is 1. The third-order valence-corrected chi connectivity index (χ3v) is 4.64. The number of aliphatic hydroxyl groups is 1. The van der Waals surface area contributed by atoms with Gasteiger partial charge in [0.2, 0.25) is 5.91 Å². The number of carbonyl (C=O) groups is 1. The minimum atomic E-state index is -0.242. The second kappa shape index (κ2) is 5.17. The molecule has 0 aliphatic heterocycles. The van der Waals surface area contributed by atoms with Crippen molar-refractivity contribution in [2.75, 3.05) is 13.2 Å². The molecule has 20 heavy (non-hydrogen) atoms. The molecule has 0 spiro atoms. The normalized spacial score (nSPS) is 26.1. The second-order valence-electron chi connectivity index (χ2n) is 6.20. The maximum absolute atomic E-state index is 13.2. The van der Waals surface area contributed by atoms with Gasteiger partial charge in [0.05, 0.1) is 0 Å². The molecule has 2 N–H and O–H groups in total. The number of rotatable bonds is 6. The lowest BCUT2D eigenvalue weighted by molar-refractivity contribution is -0.122. The van der Waals surface area contributed by atoms with Crippen LogP contribution in [0.2, 0.25) is 0 Å². The molecule has 1 aromatic carbocycles. The SMILES string of the molecule is O=C(NCC1(CCO)CC1)[C@@H]1C[C@H]1c1cccc(F)c1. The predicted octanol–water partition coefficient (Wildman–Crippen LogP) is 2.21. The summed E-state index contributed by atoms with van der Waals surface area (Å²) in [5, 5.41) is 12.0. The first kappa shape index (κ1) is 13.6. The van der Waals surface area contributed by atoms with Crippen molar-refractivity contribution in [2.45, 2.75) is 31.6 Å². The molecule has 0 aromatic heterocycles. The Morgan fingerprint density at radius 3 is 2.90 bits per heavy atom. The quantitative estimate of drug-likeness (QED) is 0.837. The molecule has 3 nitrogen and oxygen atoms in total. The Morgan fingerprint density at radius 2 is 2.25 bits per heavy atom. The van der Waals surface area contributed by atoms with E-state index in [0.29, 0.717) is 6.54 Å². The van der Waals surface area contributed by atoms with Gasteiger partial charge in [-0.3, -0.25) is 4.79 Å². The van der Waals surface area contributed by atoms with Crippen LogP contribution < -0.4 is 5.32 Å². The van der Waals surface area contributed by atoms with E-state index in [2.05, 4.69) is 5.32 Å². The first-order valence-corrected chi connectivity index (χ1v) is 7.28. The van der Waals surface area contributed by atoms with E-state index >= 15 is 0 Å². The summed E-state index contributed by atoms with van der Waals surface area (Å²) in [5.41, 5.74) is 1.06. The van der Waals surface area contributed by atoms with Crippen molar-refractivity contribution in [3.8, 4) is 0 Å². The largest absolute Gasteiger partial charge is 0.396 e. The van der Waals surface area contributed by atoms with Gasteiger partial charge >= 0.3 is 0 Å². The molecule has 1 aromatic rings. The fourth-order valence-electron chi connectivity index (χ4n) is 2.93. The number of amides is 1. The molecular formula is C16H20FNO2. The molecule has 2 saturated carbocycles. The molecule has 2 aliphatic carbocycles. The van der Waals surface area contributed by atoms with Crippen molar-refractivity contribution >= 4 is 5.91 Å². The summed E-state index contributed by atoms with van der Waals surface area (Å²) in [5.74, 6) is -0.0164. The molecule has 0 saturated heterocycles. The van der Waals surface area contributed by atoms with E-state index in [4.69, 9.17) is 5.11 Å². The zero-order valence-corrected chi connectivity index (χ0v) is 11.4. The van der Waals surface area contributed by atoms with Gasteiger partial charge < -0.3 is 10.4 Å². The lowest BCUT2D eigenvalue weighted by atomic mass is 10.0. The van der Waals surface area contributed by atoms with Crippen molar-refractivity contribution in [2.24, 2.45) is 11.3 Å². The van der Waals surface area contributed by atoms with Crippen molar-refractivity contribution in [1.29, 1.82) is 0 Å². The average molecular weight is 277 g/mol. The summed E-state index contributed by atoms with van der Waals surface area (Å²) in [7, 11) is 0. The van der Waals surface area contributed by atoms with Crippen LogP contribution in [0.15, 0.2) is 24.3 Å². The van der Waals surface area contributed by atoms with Gasteiger partial charge in [0.25, 0.3) is 0 Å². The monoisotopic (exact) mass is 277 g/mol. The van der Waals surface area contributed by atoms with Gasteiger partial charge in [0.1, 0.15) is 5.82 Å². The smallest absolute Gasteiger partial charge is 0.223 e. The standard InChI is InChI=1S/C16H20FNO2/c17-12-3-1-2-11(8-12)13-9-14(13)15(20)18-10-16(4-5-16)6-7-19/h1-3,8,13-14,19H,4-7,9-10H2,(H,18,20)/t13-,14+/m0/s1. The lowest BCUT2D eigenvalue weighted by Crippen LogP contribution is -2.32. The summed E-state index contributed by atoms with van der Waals surface area (Å²) in [4.78, 5) is 12.1. The molecule has 0 heterocycles. The van der Waals surface area contributed by atoms with Crippen LogP contribution >= 0.6 is 0 Å². The van der Waals surface area contributed by atoms with Crippen LogP contribution in [0.5, 0.6) is 0 Å². The molecule has 4 heteroatoms. The Labute approximate surface area is 118 Å². The molecule has 0 radical (unpaired) electrons. The van der Waals surface area contributed by atoms with Gasteiger partial charge in [-0.15, -0.1) is 0 Å². The summed E-state index contributed by atoms with van der Waals surface area (Å²) in [6.07, 6.45) is 3.76. The number of nitrogens with one attached hydrogen (secondary N) is 1. The highest BCUT2D eigenvalue weighted by Gasteiger charge is 2.46. The highest BCUT2D eigenvalue weighted by molar-refractivity contribution is 5.82. The van der Waals surface area contributed by atoms with E-state index in [1.807, 2.05) is 6.07 Å². The Hall–Kier alpha value is -1.42. The topological polar surface area (TPSA) is 49.3 Å². The molecule has 2 fully saturated rings. The van der Waals surface area contributed by atoms with Crippen LogP contribution in [0, 0.1) is 17.2 Å². The molecule has 2 aliphatic rings. The minimum absolute atomic E-state index is 0.0123. The average Bonchev–Trinajstić information content (AvgIpc) is 3.32. The molecule has 0 unspecified atom stereocenters. The van der Waals surface area contributed by atoms with Crippen molar-refractivity contribution < 1.29 is 14.3 Å². The van der Waals surface area contributed by atoms with Gasteiger partial charge in [-0.2, -0.15) is 0 Å². The van der Waals surface area contributed by atoms with Gasteiger partial charge in [-0.25, -0.2) is 4.39 Å². The lowest BCUT2D eigenvalue weighted by Gasteiger charge is -2.14. The van der Waals surface area contributed by atoms with E-state index < -0.39 is 0 Å². The van der Waals surface area contributed by atoms with Gasteiger partial charge in [-0.05, 0) is 54.7 Å². The number of hydrogen-bond acceptors (Lipinski definition) is 2. The van der Waals surface area contributed by atoms with Crippen LogP contribution in [0.25, 0.3) is 0 Å². The van der Waals surface area contributed by atoms with Gasteiger partial charge in [-0.1, -0.05) is 12.1 Å². The van der Waals surface area contributed by atoms with Crippen molar-refractivity contribution in [3.63, 3.8) is 0 Å². The predicted molar refractivity (Wildman–Crippen MR) is 73.6 cm³/mol. The van der Waals surface area contributed by atoms with Crippen LogP contribution in [-0.4, -0.2) is 24.2 Å². The van der Waals surface area contributed by atoms with Crippen LogP contribution in [0.1, 0.15) is 37.2 Å². The van der Waals surface area contributed by atoms with Crippen LogP contribution in [0.3, 0.4) is 0 Å². The molecular weight excluding hydrogens is 257 g/mol. The third-order valence-electron chi connectivity index (χ3n) is 4.64. The Bertz CT molecular complexity index is 513. The number of halogens is 1. The summed E-state index contributed by atoms with van der Waals surface area (Å²) >= 11 is 0. The van der Waals surface area contributed by atoms with Gasteiger partial charge in [0.15, 0.2) is 0 Å². The third kappa shape index (κ3) is 2.85. The van der Waals surface area contributed by atoms with Crippen LogP contribution in [0.4, 0.5) is 4.39 Å². The van der Waals surface area contributed by atoms with E-state index in [0.717, 1.165) is 31.2 Å². The zero-order chi connectivity index (χ0) is 14.2. The van der Waals surface area contributed by atoms with Crippen molar-refractivity contribution in [1.82, 2.24) is 5.32 Å². The molecule has 0 bridgehead atoms. The highest BCUT2D eigenvalue weighted by Crippen LogP contribution is 2.50. The second-order valence-corrected chi connectivity index (χ2v) is 6.20. The molecule has 108 valence electrons. The van der Waals surface area contributed by atoms with Gasteiger partial charge in [0, 0.05) is 19.1 Å². The van der Waals surface area contributed by atoms with E-state index in [1.54, 1.807) is 6.07 Å².